The highest BCUT2D eigenvalue weighted by Gasteiger charge is 2.27. The van der Waals surface area contributed by atoms with Crippen LogP contribution in [0.3, 0.4) is 0 Å². The Balaban J connectivity index is 1.39. The predicted molar refractivity (Wildman–Crippen MR) is 166 cm³/mol. The predicted octanol–water partition coefficient (Wildman–Crippen LogP) is 5.66. The number of esters is 1. The smallest absolute Gasteiger partial charge is 0.387 e. The van der Waals surface area contributed by atoms with Crippen molar-refractivity contribution in [3.63, 3.8) is 0 Å². The van der Waals surface area contributed by atoms with Gasteiger partial charge in [-0.2, -0.15) is 8.78 Å². The lowest BCUT2D eigenvalue weighted by atomic mass is 10.0. The average molecular weight is 700 g/mol. The Bertz CT molecular complexity index is 1490. The first-order chi connectivity index (χ1) is 22.7. The van der Waals surface area contributed by atoms with Gasteiger partial charge in [0.2, 0.25) is 0 Å². The fourth-order valence-corrected chi connectivity index (χ4v) is 5.41. The Hall–Kier alpha value is -3.46. The summed E-state index contributed by atoms with van der Waals surface area (Å²) in [6.07, 6.45) is 4.11. The lowest BCUT2D eigenvalue weighted by molar-refractivity contribution is -0.377. The number of ether oxygens (including phenoxy) is 5. The molecule has 1 unspecified atom stereocenters. The summed E-state index contributed by atoms with van der Waals surface area (Å²) < 4.78 is 54.2. The maximum atomic E-state index is 13.6. The molecule has 2 fully saturated rings. The number of carbonyl (C=O) groups is 1. The van der Waals surface area contributed by atoms with Crippen molar-refractivity contribution in [2.75, 3.05) is 53.1 Å². The zero-order chi connectivity index (χ0) is 33.3. The summed E-state index contributed by atoms with van der Waals surface area (Å²) in [4.78, 5) is 24.1. The van der Waals surface area contributed by atoms with Gasteiger partial charge in [0, 0.05) is 37.7 Å². The Morgan fingerprint density at radius 3 is 2.45 bits per heavy atom. The molecule has 2 aromatic carbocycles. The van der Waals surface area contributed by atoms with E-state index < -0.39 is 18.7 Å². The van der Waals surface area contributed by atoms with Crippen LogP contribution in [0.5, 0.6) is 23.0 Å². The second-order valence-corrected chi connectivity index (χ2v) is 11.9. The van der Waals surface area contributed by atoms with E-state index in [9.17, 15) is 18.8 Å². The molecule has 3 aromatic rings. The molecule has 0 spiro atoms. The highest BCUT2D eigenvalue weighted by Crippen LogP contribution is 2.38. The summed E-state index contributed by atoms with van der Waals surface area (Å²) in [6.45, 7) is 1.18. The van der Waals surface area contributed by atoms with Gasteiger partial charge in [0.05, 0.1) is 32.4 Å². The van der Waals surface area contributed by atoms with Crippen LogP contribution in [-0.2, 0) is 15.9 Å². The topological polar surface area (TPSA) is 113 Å². The lowest BCUT2D eigenvalue weighted by Crippen LogP contribution is -2.38. The number of hydroxylamine groups is 2. The molecule has 47 heavy (non-hydrogen) atoms. The number of halogens is 4. The number of rotatable bonds is 16. The number of pyridine rings is 1. The molecule has 254 valence electrons. The number of alkyl halides is 2. The van der Waals surface area contributed by atoms with Gasteiger partial charge >= 0.3 is 12.6 Å². The number of morpholine rings is 1. The first-order valence-corrected chi connectivity index (χ1v) is 15.9. The minimum Gasteiger partial charge on any atom is -0.489 e. The monoisotopic (exact) mass is 698 g/mol. The number of carbonyl (C=O) groups excluding carboxylic acids is 1. The van der Waals surface area contributed by atoms with E-state index in [0.717, 1.165) is 25.9 Å². The molecule has 0 bridgehead atoms. The van der Waals surface area contributed by atoms with E-state index in [1.54, 1.807) is 6.07 Å². The summed E-state index contributed by atoms with van der Waals surface area (Å²) in [6, 6.07) is 8.81. The van der Waals surface area contributed by atoms with Crippen LogP contribution in [0.25, 0.3) is 0 Å². The van der Waals surface area contributed by atoms with Crippen LogP contribution >= 0.6 is 23.2 Å². The molecule has 5 rings (SSSR count). The summed E-state index contributed by atoms with van der Waals surface area (Å²) in [5, 5.41) is 10.9. The zero-order valence-corrected chi connectivity index (χ0v) is 27.1. The normalized spacial score (nSPS) is 15.8. The molecular formula is C32H36Cl2F2N3O8+. The second-order valence-electron chi connectivity index (χ2n) is 11.1. The standard InChI is InChI=1S/C32H35Cl2F2N3O8/c1-38(41)47-30-15-22(5-6-26(30)43-13-10-39-8-11-42-12-9-39)31(40)45-28(16-23-24(33)17-37-18-25(23)34)21-4-7-27(46-32(35)36)29(14-21)44-19-20-2-3-20/h4-7,14-15,17-18,20,28,32,41H,2-3,8-13,16,19H2,1H3/p+1. The fourth-order valence-electron chi connectivity index (χ4n) is 4.88. The molecule has 2 heterocycles. The molecule has 1 aliphatic carbocycles. The minimum absolute atomic E-state index is 0.0423. The van der Waals surface area contributed by atoms with Crippen LogP contribution in [0.15, 0.2) is 48.8 Å². The molecule has 1 aromatic heterocycles. The number of H-pyrrole nitrogens is 1. The number of hydrogen-bond donors (Lipinski definition) is 1. The van der Waals surface area contributed by atoms with E-state index in [2.05, 4.69) is 14.6 Å². The van der Waals surface area contributed by atoms with Crippen LogP contribution < -0.4 is 24.0 Å². The average Bonchev–Trinajstić information content (AvgIpc) is 3.87. The van der Waals surface area contributed by atoms with Crippen molar-refractivity contribution in [2.45, 2.75) is 32.0 Å². The van der Waals surface area contributed by atoms with Crippen molar-refractivity contribution in [3.05, 3.63) is 75.5 Å². The highest BCUT2D eigenvalue weighted by atomic mass is 35.5. The molecule has 0 radical (unpaired) electrons. The van der Waals surface area contributed by atoms with Crippen LogP contribution in [0.2, 0.25) is 10.0 Å². The van der Waals surface area contributed by atoms with Crippen molar-refractivity contribution in [3.8, 4) is 23.0 Å². The van der Waals surface area contributed by atoms with Gasteiger partial charge in [-0.15, -0.1) is 0 Å². The van der Waals surface area contributed by atoms with Gasteiger partial charge in [0.25, 0.3) is 0 Å². The summed E-state index contributed by atoms with van der Waals surface area (Å²) >= 11 is 12.9. The Kier molecular flexibility index (Phi) is 12.3. The van der Waals surface area contributed by atoms with Gasteiger partial charge in [-0.1, -0.05) is 29.3 Å². The summed E-state index contributed by atoms with van der Waals surface area (Å²) in [5.74, 6) is -0.0714. The van der Waals surface area contributed by atoms with Crippen molar-refractivity contribution < 1.29 is 52.3 Å². The first kappa shape index (κ1) is 34.9. The number of nitrogens with one attached hydrogen (secondary N) is 1. The van der Waals surface area contributed by atoms with Gasteiger partial charge in [0.1, 0.15) is 22.8 Å². The van der Waals surface area contributed by atoms with E-state index in [1.807, 2.05) is 0 Å². The van der Waals surface area contributed by atoms with Crippen LogP contribution in [0, 0.1) is 5.92 Å². The quantitative estimate of drug-likeness (QED) is 0.148. The van der Waals surface area contributed by atoms with Crippen LogP contribution in [-0.4, -0.2) is 81.0 Å². The number of benzene rings is 2. The third-order valence-corrected chi connectivity index (χ3v) is 8.22. The van der Waals surface area contributed by atoms with Crippen LogP contribution in [0.1, 0.15) is 40.4 Å². The van der Waals surface area contributed by atoms with Crippen LogP contribution in [0.4, 0.5) is 8.78 Å². The number of aromatic amines is 1. The summed E-state index contributed by atoms with van der Waals surface area (Å²) in [7, 11) is 1.27. The first-order valence-electron chi connectivity index (χ1n) is 15.1. The summed E-state index contributed by atoms with van der Waals surface area (Å²) in [5.41, 5.74) is 1.02. The molecule has 15 heteroatoms. The van der Waals surface area contributed by atoms with E-state index in [1.165, 1.54) is 49.8 Å². The maximum absolute atomic E-state index is 13.6. The van der Waals surface area contributed by atoms with Gasteiger partial charge in [-0.05, 0) is 53.8 Å². The molecule has 0 amide bonds. The van der Waals surface area contributed by atoms with Gasteiger partial charge < -0.3 is 28.5 Å². The SMILES string of the molecule is CN(O)Oc1cc(C(=O)OC(Cc2c(Cl)c[nH+]cc2Cl)c2ccc(OC(F)F)c(OCC3CC3)c2)ccc1OCCN1CCOCC1. The van der Waals surface area contributed by atoms with E-state index in [4.69, 9.17) is 47.0 Å². The second kappa shape index (κ2) is 16.6. The minimum atomic E-state index is -3.06. The van der Waals surface area contributed by atoms with Gasteiger partial charge in [0.15, 0.2) is 35.4 Å². The molecular weight excluding hydrogens is 663 g/mol. The Labute approximate surface area is 280 Å². The van der Waals surface area contributed by atoms with Gasteiger partial charge in [-0.25, -0.2) is 9.78 Å². The fraction of sp³-hybridized carbons (Fsp3) is 0.438. The van der Waals surface area contributed by atoms with E-state index >= 15 is 0 Å². The molecule has 11 nitrogen and oxygen atoms in total. The highest BCUT2D eigenvalue weighted by molar-refractivity contribution is 6.35. The number of aromatic nitrogens is 1. The van der Waals surface area contributed by atoms with E-state index in [0.29, 0.717) is 71.0 Å². The van der Waals surface area contributed by atoms with E-state index in [-0.39, 0.29) is 29.2 Å². The third kappa shape index (κ3) is 10.3. The van der Waals surface area contributed by atoms with Crippen molar-refractivity contribution in [1.29, 1.82) is 0 Å². The maximum Gasteiger partial charge on any atom is 0.387 e. The molecule has 2 N–H and O–H groups in total. The van der Waals surface area contributed by atoms with Crippen molar-refractivity contribution >= 4 is 29.2 Å². The third-order valence-electron chi connectivity index (χ3n) is 7.54. The largest absolute Gasteiger partial charge is 0.489 e. The Morgan fingerprint density at radius 2 is 1.77 bits per heavy atom. The zero-order valence-electron chi connectivity index (χ0n) is 25.6. The van der Waals surface area contributed by atoms with Crippen molar-refractivity contribution in [2.24, 2.45) is 5.92 Å². The molecule has 1 saturated heterocycles. The lowest BCUT2D eigenvalue weighted by Gasteiger charge is -2.26. The number of hydrogen-bond acceptors (Lipinski definition) is 10. The van der Waals surface area contributed by atoms with Crippen molar-refractivity contribution in [1.82, 2.24) is 10.1 Å². The Morgan fingerprint density at radius 1 is 1.04 bits per heavy atom. The molecule has 1 aliphatic heterocycles. The molecule has 2 aliphatic rings. The number of nitrogens with zero attached hydrogens (tertiary/aromatic N) is 2. The molecule has 1 atom stereocenters. The molecule has 1 saturated carbocycles. The van der Waals surface area contributed by atoms with Gasteiger partial charge in [-0.3, -0.25) is 10.1 Å².